The van der Waals surface area contributed by atoms with Gasteiger partial charge in [0.2, 0.25) is 11.8 Å². The number of piperazine rings is 1. The molecule has 2 fully saturated rings. The first-order valence-electron chi connectivity index (χ1n) is 11.3. The van der Waals surface area contributed by atoms with E-state index in [9.17, 15) is 9.59 Å². The number of amides is 2. The average molecular weight is 462 g/mol. The normalized spacial score (nSPS) is 17.1. The molecule has 2 N–H and O–H groups in total. The topological polar surface area (TPSA) is 126 Å². The lowest BCUT2D eigenvalue weighted by Crippen LogP contribution is -2.55. The van der Waals surface area contributed by atoms with Crippen molar-refractivity contribution in [1.82, 2.24) is 34.8 Å². The van der Waals surface area contributed by atoms with E-state index in [4.69, 9.17) is 5.73 Å². The number of aromatic nitrogens is 5. The summed E-state index contributed by atoms with van der Waals surface area (Å²) in [6.07, 6.45) is 5.13. The van der Waals surface area contributed by atoms with Gasteiger partial charge in [-0.3, -0.25) is 19.5 Å². The van der Waals surface area contributed by atoms with Gasteiger partial charge in [0.25, 0.3) is 0 Å². The van der Waals surface area contributed by atoms with E-state index in [1.807, 2.05) is 9.58 Å². The molecular formula is C23H27N9O2. The van der Waals surface area contributed by atoms with E-state index in [-0.39, 0.29) is 5.91 Å². The summed E-state index contributed by atoms with van der Waals surface area (Å²) >= 11 is 0. The van der Waals surface area contributed by atoms with Crippen molar-refractivity contribution < 1.29 is 9.59 Å². The lowest BCUT2D eigenvalue weighted by atomic mass is 10.00. The van der Waals surface area contributed by atoms with Crippen LogP contribution in [0.1, 0.15) is 16.1 Å². The molecule has 1 aromatic carbocycles. The summed E-state index contributed by atoms with van der Waals surface area (Å²) in [5, 5.41) is 8.39. The number of hydrogen-bond donors (Lipinski definition) is 1. The molecule has 0 radical (unpaired) electrons. The Bertz CT molecular complexity index is 1210. The Labute approximate surface area is 196 Å². The first kappa shape index (κ1) is 22.0. The van der Waals surface area contributed by atoms with Crippen molar-refractivity contribution in [2.24, 2.45) is 11.7 Å². The Morgan fingerprint density at radius 2 is 1.91 bits per heavy atom. The van der Waals surface area contributed by atoms with Gasteiger partial charge < -0.3 is 15.5 Å². The van der Waals surface area contributed by atoms with Crippen LogP contribution in [0.15, 0.2) is 37.2 Å². The Kier molecular flexibility index (Phi) is 5.93. The van der Waals surface area contributed by atoms with E-state index >= 15 is 0 Å². The van der Waals surface area contributed by atoms with Gasteiger partial charge >= 0.3 is 0 Å². The smallest absolute Gasteiger partial charge is 0.248 e. The number of primary amides is 1. The van der Waals surface area contributed by atoms with Gasteiger partial charge in [-0.2, -0.15) is 0 Å². The van der Waals surface area contributed by atoms with Crippen LogP contribution in [0, 0.1) is 5.92 Å². The van der Waals surface area contributed by atoms with E-state index in [0.717, 1.165) is 48.7 Å². The van der Waals surface area contributed by atoms with E-state index in [0.29, 0.717) is 37.7 Å². The molecule has 3 aromatic rings. The number of carbonyl (C=O) groups is 2. The van der Waals surface area contributed by atoms with E-state index in [2.05, 4.69) is 36.7 Å². The molecule has 0 unspecified atom stereocenters. The lowest BCUT2D eigenvalue weighted by molar-refractivity contribution is -0.134. The van der Waals surface area contributed by atoms with Gasteiger partial charge in [0.1, 0.15) is 11.3 Å². The second-order valence-electron chi connectivity index (χ2n) is 8.77. The highest BCUT2D eigenvalue weighted by Crippen LogP contribution is 2.21. The monoisotopic (exact) mass is 461 g/mol. The zero-order valence-corrected chi connectivity index (χ0v) is 18.9. The fourth-order valence-corrected chi connectivity index (χ4v) is 4.50. The van der Waals surface area contributed by atoms with Gasteiger partial charge in [-0.15, -0.1) is 5.10 Å². The Morgan fingerprint density at radius 1 is 1.12 bits per heavy atom. The molecule has 0 bridgehead atoms. The first-order valence-corrected chi connectivity index (χ1v) is 11.3. The summed E-state index contributed by atoms with van der Waals surface area (Å²) in [5.74, 6) is 0.890. The number of rotatable bonds is 7. The van der Waals surface area contributed by atoms with Gasteiger partial charge in [0.15, 0.2) is 0 Å². The number of hydrogen-bond acceptors (Lipinski definition) is 8. The fourth-order valence-electron chi connectivity index (χ4n) is 4.50. The quantitative estimate of drug-likeness (QED) is 0.530. The van der Waals surface area contributed by atoms with Gasteiger partial charge in [0.05, 0.1) is 30.1 Å². The van der Waals surface area contributed by atoms with Gasteiger partial charge in [-0.05, 0) is 24.3 Å². The van der Waals surface area contributed by atoms with E-state index in [1.165, 1.54) is 0 Å². The summed E-state index contributed by atoms with van der Waals surface area (Å²) in [6, 6.07) is 5.15. The lowest BCUT2D eigenvalue weighted by Gasteiger charge is -2.41. The van der Waals surface area contributed by atoms with Crippen molar-refractivity contribution in [3.8, 4) is 0 Å². The van der Waals surface area contributed by atoms with Crippen LogP contribution in [0.4, 0.5) is 5.82 Å². The molecule has 2 aromatic heterocycles. The molecule has 34 heavy (non-hydrogen) atoms. The van der Waals surface area contributed by atoms with E-state index < -0.39 is 5.91 Å². The van der Waals surface area contributed by atoms with Crippen molar-refractivity contribution in [2.45, 2.75) is 6.54 Å². The van der Waals surface area contributed by atoms with Gasteiger partial charge in [-0.25, -0.2) is 9.67 Å². The fraction of sp³-hybridized carbons (Fsp3) is 0.391. The maximum Gasteiger partial charge on any atom is 0.248 e. The standard InChI is InChI=1S/C23H27N9O2/c1-2-18-10-26-21(11-25-18)30-5-7-31(8-6-30)22(33)15-29-12-16(13-29)14-32-20-9-17(23(24)34)3-4-19(20)27-28-32/h2-4,9-11,16H,1,5-8,12-15H2,(H2,24,34). The molecule has 0 saturated carbocycles. The number of nitrogens with zero attached hydrogens (tertiary/aromatic N) is 8. The highest BCUT2D eigenvalue weighted by atomic mass is 16.2. The SMILES string of the molecule is C=Cc1cnc(N2CCN(C(=O)CN3CC(Cn4nnc5ccc(C(N)=O)cc54)C3)CC2)cn1. The number of anilines is 1. The molecule has 11 nitrogen and oxygen atoms in total. The minimum Gasteiger partial charge on any atom is -0.366 e. The largest absolute Gasteiger partial charge is 0.366 e. The molecule has 0 atom stereocenters. The second-order valence-corrected chi connectivity index (χ2v) is 8.77. The predicted octanol–water partition coefficient (Wildman–Crippen LogP) is 0.244. The van der Waals surface area contributed by atoms with Gasteiger partial charge in [0, 0.05) is 57.3 Å². The number of nitrogens with two attached hydrogens (primary N) is 1. The molecule has 11 heteroatoms. The zero-order valence-electron chi connectivity index (χ0n) is 18.9. The summed E-state index contributed by atoms with van der Waals surface area (Å²) in [5.41, 5.74) is 8.12. The van der Waals surface area contributed by atoms with Crippen LogP contribution in [0.25, 0.3) is 17.1 Å². The minimum absolute atomic E-state index is 0.156. The number of fused-ring (bicyclic) bond motifs is 1. The highest BCUT2D eigenvalue weighted by Gasteiger charge is 2.31. The zero-order chi connectivity index (χ0) is 23.7. The van der Waals surface area contributed by atoms with Crippen LogP contribution in [0.3, 0.4) is 0 Å². The summed E-state index contributed by atoms with van der Waals surface area (Å²) in [4.78, 5) is 39.2. The van der Waals surface area contributed by atoms with Crippen molar-refractivity contribution in [1.29, 1.82) is 0 Å². The van der Waals surface area contributed by atoms with Crippen LogP contribution in [0.2, 0.25) is 0 Å². The third-order valence-electron chi connectivity index (χ3n) is 6.44. The molecule has 176 valence electrons. The molecule has 2 aliphatic rings. The third kappa shape index (κ3) is 4.46. The predicted molar refractivity (Wildman–Crippen MR) is 127 cm³/mol. The Balaban J connectivity index is 1.09. The van der Waals surface area contributed by atoms with Crippen molar-refractivity contribution >= 4 is 34.7 Å². The number of likely N-dealkylation sites (tertiary alicyclic amines) is 1. The van der Waals surface area contributed by atoms with Crippen molar-refractivity contribution in [3.63, 3.8) is 0 Å². The van der Waals surface area contributed by atoms with Crippen LogP contribution >= 0.6 is 0 Å². The van der Waals surface area contributed by atoms with Crippen molar-refractivity contribution in [3.05, 3.63) is 48.4 Å². The molecule has 0 aliphatic carbocycles. The van der Waals surface area contributed by atoms with Gasteiger partial charge in [-0.1, -0.05) is 11.8 Å². The third-order valence-corrected chi connectivity index (χ3v) is 6.44. The minimum atomic E-state index is -0.470. The summed E-state index contributed by atoms with van der Waals surface area (Å²) < 4.78 is 1.81. The highest BCUT2D eigenvalue weighted by molar-refractivity contribution is 5.96. The number of carbonyl (C=O) groups excluding carboxylic acids is 2. The first-order chi connectivity index (χ1) is 16.5. The molecule has 2 amide bonds. The maximum absolute atomic E-state index is 12.8. The molecule has 2 saturated heterocycles. The maximum atomic E-state index is 12.8. The molecule has 2 aliphatic heterocycles. The van der Waals surface area contributed by atoms with Crippen molar-refractivity contribution in [2.75, 3.05) is 50.7 Å². The second kappa shape index (κ2) is 9.18. The van der Waals surface area contributed by atoms with E-state index in [1.54, 1.807) is 36.7 Å². The average Bonchev–Trinajstić information content (AvgIpc) is 3.24. The summed E-state index contributed by atoms with van der Waals surface area (Å²) in [7, 11) is 0. The number of benzene rings is 1. The Hall–Kier alpha value is -3.86. The molecule has 4 heterocycles. The van der Waals surface area contributed by atoms with Crippen LogP contribution in [-0.2, 0) is 11.3 Å². The molecule has 0 spiro atoms. The van der Waals surface area contributed by atoms with Crippen LogP contribution in [0.5, 0.6) is 0 Å². The molecular weight excluding hydrogens is 434 g/mol. The van der Waals surface area contributed by atoms with Crippen LogP contribution < -0.4 is 10.6 Å². The Morgan fingerprint density at radius 3 is 2.59 bits per heavy atom. The van der Waals surface area contributed by atoms with Crippen LogP contribution in [-0.4, -0.2) is 92.4 Å². The summed E-state index contributed by atoms with van der Waals surface area (Å²) in [6.45, 7) is 9.29. The molecule has 5 rings (SSSR count).